The van der Waals surface area contributed by atoms with Gasteiger partial charge in [0.25, 0.3) is 0 Å². The molecule has 3 N–H and O–H groups in total. The number of carboxylic acids is 1. The number of H-pyrrole nitrogens is 1. The third-order valence-electron chi connectivity index (χ3n) is 5.90. The fourth-order valence-corrected chi connectivity index (χ4v) is 4.10. The van der Waals surface area contributed by atoms with Crippen molar-refractivity contribution in [3.8, 4) is 23.2 Å². The predicted octanol–water partition coefficient (Wildman–Crippen LogP) is 4.54. The molecule has 0 amide bonds. The number of carbonyl (C=O) groups is 1. The summed E-state index contributed by atoms with van der Waals surface area (Å²) < 4.78 is 13.3. The van der Waals surface area contributed by atoms with Crippen LogP contribution >= 0.6 is 12.4 Å². The van der Waals surface area contributed by atoms with E-state index in [-0.39, 0.29) is 18.4 Å². The minimum absolute atomic E-state index is 0. The number of rotatable bonds is 11. The summed E-state index contributed by atoms with van der Waals surface area (Å²) in [4.78, 5) is 15.2. The minimum Gasteiger partial charge on any atom is -0.490 e. The topological polar surface area (TPSA) is 127 Å². The molecule has 38 heavy (non-hydrogen) atoms. The summed E-state index contributed by atoms with van der Waals surface area (Å²) >= 11 is 0. The fourth-order valence-electron chi connectivity index (χ4n) is 4.10. The van der Waals surface area contributed by atoms with Crippen LogP contribution in [0, 0.1) is 0 Å². The maximum Gasteiger partial charge on any atom is 0.346 e. The van der Waals surface area contributed by atoms with Crippen LogP contribution in [0.4, 0.5) is 0 Å². The average molecular weight is 535 g/mol. The van der Waals surface area contributed by atoms with Crippen molar-refractivity contribution in [3.63, 3.8) is 0 Å². The standard InChI is InChI=1S/C27H26N6O4.ClH/c1-2-36-25-14-18(12-13-24(25)37-27-30-31-32-33(27)20-8-4-3-5-9-20)16-28-23(26(34)35)15-19-17-29-22-11-7-6-10-21(19)22;/h3-14,17,23,28-29H,2,15-16H2,1H3,(H,34,35);1H. The number of aromatic nitrogens is 5. The van der Waals surface area contributed by atoms with Gasteiger partial charge < -0.3 is 24.9 Å². The Bertz CT molecular complexity index is 1500. The number of aromatic amines is 1. The first kappa shape index (κ1) is 26.6. The number of nitrogens with one attached hydrogen (secondary N) is 2. The highest BCUT2D eigenvalue weighted by Crippen LogP contribution is 2.32. The number of nitrogens with zero attached hydrogens (tertiary/aromatic N) is 4. The van der Waals surface area contributed by atoms with Gasteiger partial charge in [-0.25, -0.2) is 0 Å². The van der Waals surface area contributed by atoms with E-state index in [0.717, 1.165) is 27.7 Å². The van der Waals surface area contributed by atoms with E-state index in [2.05, 4.69) is 25.8 Å². The number of hydrogen-bond donors (Lipinski definition) is 3. The van der Waals surface area contributed by atoms with Crippen molar-refractivity contribution >= 4 is 29.3 Å². The van der Waals surface area contributed by atoms with Gasteiger partial charge in [0.1, 0.15) is 6.04 Å². The predicted molar refractivity (Wildman–Crippen MR) is 144 cm³/mol. The number of aliphatic carboxylic acids is 1. The molecule has 5 aromatic rings. The monoisotopic (exact) mass is 534 g/mol. The van der Waals surface area contributed by atoms with E-state index < -0.39 is 12.0 Å². The lowest BCUT2D eigenvalue weighted by Crippen LogP contribution is -2.38. The fraction of sp³-hybridized carbons (Fsp3) is 0.185. The quantitative estimate of drug-likeness (QED) is 0.225. The first-order chi connectivity index (χ1) is 18.1. The lowest BCUT2D eigenvalue weighted by molar-refractivity contribution is -0.139. The summed E-state index contributed by atoms with van der Waals surface area (Å²) in [5.41, 5.74) is 3.54. The van der Waals surface area contributed by atoms with E-state index in [1.165, 1.54) is 4.68 Å². The molecule has 1 atom stereocenters. The molecule has 0 aliphatic heterocycles. The second-order valence-electron chi connectivity index (χ2n) is 8.36. The van der Waals surface area contributed by atoms with Crippen LogP contribution in [-0.4, -0.2) is 48.9 Å². The molecule has 0 aliphatic carbocycles. The Morgan fingerprint density at radius 1 is 1.08 bits per heavy atom. The molecule has 0 saturated heterocycles. The number of benzene rings is 3. The Balaban J connectivity index is 0.00000336. The van der Waals surface area contributed by atoms with E-state index in [4.69, 9.17) is 9.47 Å². The summed E-state index contributed by atoms with van der Waals surface area (Å²) in [6.45, 7) is 2.64. The Morgan fingerprint density at radius 2 is 1.87 bits per heavy atom. The number of para-hydroxylation sites is 2. The van der Waals surface area contributed by atoms with E-state index in [1.54, 1.807) is 6.07 Å². The van der Waals surface area contributed by atoms with Crippen LogP contribution in [0.25, 0.3) is 16.6 Å². The summed E-state index contributed by atoms with van der Waals surface area (Å²) in [7, 11) is 0. The zero-order chi connectivity index (χ0) is 25.6. The van der Waals surface area contributed by atoms with Gasteiger partial charge in [0.05, 0.1) is 12.3 Å². The molecule has 0 fully saturated rings. The highest BCUT2D eigenvalue weighted by molar-refractivity contribution is 5.85. The van der Waals surface area contributed by atoms with Crippen molar-refractivity contribution in [2.45, 2.75) is 25.9 Å². The van der Waals surface area contributed by atoms with Gasteiger partial charge in [0.2, 0.25) is 0 Å². The molecule has 3 aromatic carbocycles. The third-order valence-corrected chi connectivity index (χ3v) is 5.90. The van der Waals surface area contributed by atoms with Crippen molar-refractivity contribution in [2.75, 3.05) is 6.61 Å². The molecule has 0 aliphatic rings. The number of tetrazole rings is 1. The van der Waals surface area contributed by atoms with Crippen LogP contribution in [0.1, 0.15) is 18.1 Å². The average Bonchev–Trinajstić information content (AvgIpc) is 3.55. The van der Waals surface area contributed by atoms with Crippen LogP contribution in [-0.2, 0) is 17.8 Å². The lowest BCUT2D eigenvalue weighted by Gasteiger charge is -2.16. The first-order valence-electron chi connectivity index (χ1n) is 11.9. The summed E-state index contributed by atoms with van der Waals surface area (Å²) in [5, 5.41) is 25.7. The van der Waals surface area contributed by atoms with E-state index in [1.807, 2.05) is 79.9 Å². The van der Waals surface area contributed by atoms with Gasteiger partial charge in [0, 0.05) is 30.1 Å². The minimum atomic E-state index is -0.914. The van der Waals surface area contributed by atoms with Crippen LogP contribution in [0.3, 0.4) is 0 Å². The highest BCUT2D eigenvalue weighted by atomic mass is 35.5. The van der Waals surface area contributed by atoms with Crippen molar-refractivity contribution < 1.29 is 19.4 Å². The van der Waals surface area contributed by atoms with Gasteiger partial charge in [0.15, 0.2) is 11.5 Å². The van der Waals surface area contributed by atoms with Crippen LogP contribution in [0.5, 0.6) is 17.5 Å². The Labute approximate surface area is 225 Å². The third kappa shape index (κ3) is 5.93. The van der Waals surface area contributed by atoms with Gasteiger partial charge in [-0.3, -0.25) is 4.79 Å². The van der Waals surface area contributed by atoms with Crippen LogP contribution in [0.2, 0.25) is 0 Å². The molecule has 5 rings (SSSR count). The maximum absolute atomic E-state index is 12.0. The Hall–Kier alpha value is -4.41. The van der Waals surface area contributed by atoms with Gasteiger partial charge in [-0.2, -0.15) is 4.68 Å². The van der Waals surface area contributed by atoms with Gasteiger partial charge >= 0.3 is 12.0 Å². The van der Waals surface area contributed by atoms with Gasteiger partial charge in [-0.1, -0.05) is 47.6 Å². The highest BCUT2D eigenvalue weighted by Gasteiger charge is 2.20. The molecule has 1 unspecified atom stereocenters. The maximum atomic E-state index is 12.0. The smallest absolute Gasteiger partial charge is 0.346 e. The van der Waals surface area contributed by atoms with E-state index in [9.17, 15) is 9.90 Å². The Morgan fingerprint density at radius 3 is 2.66 bits per heavy atom. The normalized spacial score (nSPS) is 11.6. The molecule has 0 spiro atoms. The first-order valence-corrected chi connectivity index (χ1v) is 11.9. The molecule has 10 nitrogen and oxygen atoms in total. The number of carboxylic acid groups (broad SMARTS) is 1. The second-order valence-corrected chi connectivity index (χ2v) is 8.36. The molecule has 11 heteroatoms. The van der Waals surface area contributed by atoms with Crippen molar-refractivity contribution in [1.82, 2.24) is 30.5 Å². The molecule has 196 valence electrons. The molecule has 2 aromatic heterocycles. The lowest BCUT2D eigenvalue weighted by atomic mass is 10.0. The molecule has 0 radical (unpaired) electrons. The Kier molecular flexibility index (Phi) is 8.57. The zero-order valence-electron chi connectivity index (χ0n) is 20.6. The number of fused-ring (bicyclic) bond motifs is 1. The van der Waals surface area contributed by atoms with Crippen molar-refractivity contribution in [3.05, 3.63) is 90.1 Å². The summed E-state index contributed by atoms with van der Waals surface area (Å²) in [6.07, 6.45) is 2.21. The number of hydrogen-bond acceptors (Lipinski definition) is 7. The molecule has 0 saturated carbocycles. The van der Waals surface area contributed by atoms with Gasteiger partial charge in [-0.05, 0) is 58.8 Å². The summed E-state index contributed by atoms with van der Waals surface area (Å²) in [6, 6.07) is 22.1. The van der Waals surface area contributed by atoms with Crippen molar-refractivity contribution in [1.29, 1.82) is 0 Å². The largest absolute Gasteiger partial charge is 0.490 e. The van der Waals surface area contributed by atoms with E-state index >= 15 is 0 Å². The summed E-state index contributed by atoms with van der Waals surface area (Å²) in [5.74, 6) is 0.0436. The van der Waals surface area contributed by atoms with Crippen molar-refractivity contribution in [2.24, 2.45) is 0 Å². The van der Waals surface area contributed by atoms with Crippen LogP contribution in [0.15, 0.2) is 79.0 Å². The molecular formula is C27H27ClN6O4. The zero-order valence-corrected chi connectivity index (χ0v) is 21.4. The molecular weight excluding hydrogens is 508 g/mol. The molecule has 2 heterocycles. The molecule has 0 bridgehead atoms. The number of halogens is 1. The van der Waals surface area contributed by atoms with Crippen LogP contribution < -0.4 is 14.8 Å². The second kappa shape index (κ2) is 12.2. The number of ether oxygens (including phenoxy) is 2. The van der Waals surface area contributed by atoms with Gasteiger partial charge in [-0.15, -0.1) is 12.4 Å². The van der Waals surface area contributed by atoms with E-state index in [0.29, 0.717) is 31.1 Å². The SMILES string of the molecule is CCOc1cc(CNC(Cc2c[nH]c3ccccc23)C(=O)O)ccc1Oc1nnnn1-c1ccccc1.Cl.